The van der Waals surface area contributed by atoms with Gasteiger partial charge >= 0.3 is 0 Å². The van der Waals surface area contributed by atoms with Crippen LogP contribution in [-0.4, -0.2) is 34.5 Å². The van der Waals surface area contributed by atoms with Crippen molar-refractivity contribution in [2.45, 2.75) is 6.42 Å². The Labute approximate surface area is 153 Å². The lowest BCUT2D eigenvalue weighted by atomic mass is 10.2. The number of aromatic nitrogens is 6. The van der Waals surface area contributed by atoms with Crippen molar-refractivity contribution in [1.82, 2.24) is 29.4 Å². The molecule has 134 valence electrons. The minimum atomic E-state index is 0.202. The van der Waals surface area contributed by atoms with Gasteiger partial charge in [0, 0.05) is 18.3 Å². The highest BCUT2D eigenvalue weighted by atomic mass is 16.3. The quantitative estimate of drug-likeness (QED) is 0.480. The lowest BCUT2D eigenvalue weighted by Gasteiger charge is -2.07. The van der Waals surface area contributed by atoms with Gasteiger partial charge in [-0.05, 0) is 30.7 Å². The first-order valence-electron chi connectivity index (χ1n) is 8.41. The van der Waals surface area contributed by atoms with E-state index in [9.17, 15) is 5.11 Å². The van der Waals surface area contributed by atoms with Crippen LogP contribution in [-0.2, 0) is 7.05 Å². The Hall–Kier alpha value is -3.88. The number of phenols is 1. The first-order chi connectivity index (χ1) is 13.1. The molecule has 0 bridgehead atoms. The van der Waals surface area contributed by atoms with Gasteiger partial charge < -0.3 is 16.2 Å². The Kier molecular flexibility index (Phi) is 3.17. The molecule has 0 radical (unpaired) electrons. The maximum Gasteiger partial charge on any atom is 0.225 e. The first-order valence-corrected chi connectivity index (χ1v) is 8.41. The monoisotopic (exact) mass is 360 g/mol. The fraction of sp³-hybridized carbons (Fsp3) is 0.111. The molecule has 5 rings (SSSR count). The highest BCUT2D eigenvalue weighted by molar-refractivity contribution is 6.00. The zero-order valence-corrected chi connectivity index (χ0v) is 14.5. The fourth-order valence-electron chi connectivity index (χ4n) is 3.16. The fourth-order valence-corrected chi connectivity index (χ4v) is 3.16. The molecule has 3 aromatic heterocycles. The highest BCUT2D eigenvalue weighted by Crippen LogP contribution is 2.31. The second-order valence-corrected chi connectivity index (χ2v) is 6.31. The number of rotatable bonds is 3. The van der Waals surface area contributed by atoms with Crippen molar-refractivity contribution in [3.8, 4) is 5.75 Å². The molecule has 4 N–H and O–H groups in total. The number of benzene rings is 1. The van der Waals surface area contributed by atoms with Crippen LogP contribution >= 0.6 is 0 Å². The number of nitrogen functional groups attached to an aromatic ring is 1. The van der Waals surface area contributed by atoms with Crippen LogP contribution in [0.4, 0.5) is 17.5 Å². The number of fused-ring (bicyclic) bond motifs is 3. The van der Waals surface area contributed by atoms with E-state index in [1.807, 2.05) is 19.2 Å². The van der Waals surface area contributed by atoms with Gasteiger partial charge in [-0.2, -0.15) is 14.6 Å². The van der Waals surface area contributed by atoms with Crippen molar-refractivity contribution >= 4 is 39.7 Å². The van der Waals surface area contributed by atoms with E-state index < -0.39 is 0 Å². The van der Waals surface area contributed by atoms with E-state index in [1.54, 1.807) is 33.5 Å². The van der Waals surface area contributed by atoms with Crippen molar-refractivity contribution in [1.29, 1.82) is 0 Å². The summed E-state index contributed by atoms with van der Waals surface area (Å²) in [5.74, 6) is 1.77. The molecule has 9 heteroatoms. The van der Waals surface area contributed by atoms with E-state index in [1.165, 1.54) is 0 Å². The number of nitrogens with one attached hydrogen (secondary N) is 1. The Morgan fingerprint density at radius 2 is 1.96 bits per heavy atom. The summed E-state index contributed by atoms with van der Waals surface area (Å²) < 4.78 is 3.23. The molecule has 0 fully saturated rings. The van der Waals surface area contributed by atoms with Gasteiger partial charge in [-0.15, -0.1) is 5.10 Å². The van der Waals surface area contributed by atoms with E-state index in [4.69, 9.17) is 10.7 Å². The minimum absolute atomic E-state index is 0.202. The third kappa shape index (κ3) is 2.40. The number of hydrogen-bond donors (Lipinski definition) is 3. The van der Waals surface area contributed by atoms with Gasteiger partial charge in [-0.25, -0.2) is 9.67 Å². The number of anilines is 3. The summed E-state index contributed by atoms with van der Waals surface area (Å²) in [6.45, 7) is 0. The maximum absolute atomic E-state index is 9.49. The molecule has 0 amide bonds. The summed E-state index contributed by atoms with van der Waals surface area (Å²) in [6, 6.07) is 6.78. The normalized spacial score (nSPS) is 13.6. The van der Waals surface area contributed by atoms with E-state index >= 15 is 0 Å². The first kappa shape index (κ1) is 15.4. The predicted octanol–water partition coefficient (Wildman–Crippen LogP) is 2.39. The van der Waals surface area contributed by atoms with Gasteiger partial charge in [0.15, 0.2) is 17.1 Å². The second kappa shape index (κ2) is 5.56. The lowest BCUT2D eigenvalue weighted by molar-refractivity contribution is 0.475. The SMILES string of the molecule is Cn1nc2nc(N)n3nc(C4=CC=CC4)nc3c2c1Nc1ccc(O)cc1. The van der Waals surface area contributed by atoms with Crippen molar-refractivity contribution in [3.63, 3.8) is 0 Å². The number of nitrogens with two attached hydrogens (primary N) is 1. The summed E-state index contributed by atoms with van der Waals surface area (Å²) in [5.41, 5.74) is 8.99. The number of allylic oxidation sites excluding steroid dienone is 4. The maximum atomic E-state index is 9.49. The Balaban J connectivity index is 1.72. The van der Waals surface area contributed by atoms with Crippen LogP contribution in [0.15, 0.2) is 42.5 Å². The Bertz CT molecular complexity index is 1250. The molecule has 0 saturated heterocycles. The summed E-state index contributed by atoms with van der Waals surface area (Å²) >= 11 is 0. The minimum Gasteiger partial charge on any atom is -0.508 e. The largest absolute Gasteiger partial charge is 0.508 e. The molecule has 0 spiro atoms. The zero-order chi connectivity index (χ0) is 18.5. The average Bonchev–Trinajstić information content (AvgIpc) is 3.36. The van der Waals surface area contributed by atoms with Crippen molar-refractivity contribution < 1.29 is 5.11 Å². The lowest BCUT2D eigenvalue weighted by Crippen LogP contribution is -2.03. The van der Waals surface area contributed by atoms with Crippen molar-refractivity contribution in [2.75, 3.05) is 11.1 Å². The number of phenolic OH excluding ortho intramolecular Hbond substituents is 1. The topological polar surface area (TPSA) is 119 Å². The molecule has 1 aliphatic carbocycles. The third-order valence-electron chi connectivity index (χ3n) is 4.49. The number of aryl methyl sites for hydroxylation is 1. The molecule has 4 aromatic rings. The smallest absolute Gasteiger partial charge is 0.225 e. The number of nitrogens with zero attached hydrogens (tertiary/aromatic N) is 6. The highest BCUT2D eigenvalue weighted by Gasteiger charge is 2.21. The van der Waals surface area contributed by atoms with Gasteiger partial charge in [-0.1, -0.05) is 18.2 Å². The van der Waals surface area contributed by atoms with Gasteiger partial charge in [0.1, 0.15) is 17.0 Å². The van der Waals surface area contributed by atoms with E-state index in [0.717, 1.165) is 23.1 Å². The van der Waals surface area contributed by atoms with Crippen LogP contribution in [0.2, 0.25) is 0 Å². The molecule has 0 aliphatic heterocycles. The molecule has 27 heavy (non-hydrogen) atoms. The average molecular weight is 360 g/mol. The van der Waals surface area contributed by atoms with Crippen molar-refractivity contribution in [3.05, 3.63) is 48.3 Å². The summed E-state index contributed by atoms with van der Waals surface area (Å²) in [7, 11) is 1.82. The van der Waals surface area contributed by atoms with Crippen LogP contribution in [0.1, 0.15) is 12.2 Å². The van der Waals surface area contributed by atoms with Crippen molar-refractivity contribution in [2.24, 2.45) is 7.05 Å². The van der Waals surface area contributed by atoms with Crippen LogP contribution in [0.25, 0.3) is 22.3 Å². The Morgan fingerprint density at radius 3 is 2.70 bits per heavy atom. The van der Waals surface area contributed by atoms with Gasteiger partial charge in [0.2, 0.25) is 5.95 Å². The molecule has 3 heterocycles. The van der Waals surface area contributed by atoms with Gasteiger partial charge in [0.05, 0.1) is 0 Å². The third-order valence-corrected chi connectivity index (χ3v) is 4.49. The molecule has 0 saturated carbocycles. The van der Waals surface area contributed by atoms with E-state index in [0.29, 0.717) is 22.9 Å². The second-order valence-electron chi connectivity index (χ2n) is 6.31. The number of aromatic hydroxyl groups is 1. The summed E-state index contributed by atoms with van der Waals surface area (Å²) in [4.78, 5) is 9.08. The molecule has 0 atom stereocenters. The Morgan fingerprint density at radius 1 is 1.15 bits per heavy atom. The molecule has 1 aliphatic rings. The predicted molar refractivity (Wildman–Crippen MR) is 103 cm³/mol. The summed E-state index contributed by atoms with van der Waals surface area (Å²) in [6.07, 6.45) is 6.83. The summed E-state index contributed by atoms with van der Waals surface area (Å²) in [5, 5.41) is 22.5. The van der Waals surface area contributed by atoms with Gasteiger partial charge in [-0.3, -0.25) is 0 Å². The number of hydrogen-bond acceptors (Lipinski definition) is 7. The van der Waals surface area contributed by atoms with Crippen LogP contribution in [0.5, 0.6) is 5.75 Å². The van der Waals surface area contributed by atoms with E-state index in [-0.39, 0.29) is 11.7 Å². The van der Waals surface area contributed by atoms with Crippen LogP contribution < -0.4 is 11.1 Å². The van der Waals surface area contributed by atoms with E-state index in [2.05, 4.69) is 26.6 Å². The standard InChI is InChI=1S/C18H16N8O/c1-25-16(20-11-6-8-12(27)9-7-11)13-15(23-25)22-18(19)26-17(13)21-14(24-26)10-4-2-3-5-10/h2-4,6-9,20,27H,5H2,1H3,(H2,19,22,23). The zero-order valence-electron chi connectivity index (χ0n) is 14.5. The molecule has 9 nitrogen and oxygen atoms in total. The molecular formula is C18H16N8O. The van der Waals surface area contributed by atoms with Gasteiger partial charge in [0.25, 0.3) is 0 Å². The van der Waals surface area contributed by atoms with Crippen LogP contribution in [0.3, 0.4) is 0 Å². The molecule has 0 unspecified atom stereocenters. The molecular weight excluding hydrogens is 344 g/mol. The molecule has 1 aromatic carbocycles. The van der Waals surface area contributed by atoms with Crippen LogP contribution in [0, 0.1) is 0 Å².